The van der Waals surface area contributed by atoms with Crippen molar-refractivity contribution in [2.24, 2.45) is 5.92 Å². The van der Waals surface area contributed by atoms with Gasteiger partial charge in [-0.15, -0.1) is 11.3 Å². The van der Waals surface area contributed by atoms with E-state index in [1.807, 2.05) is 6.07 Å². The molecule has 2 aliphatic rings. The highest BCUT2D eigenvalue weighted by Gasteiger charge is 2.30. The third kappa shape index (κ3) is 4.21. The van der Waals surface area contributed by atoms with Crippen LogP contribution in [0.5, 0.6) is 0 Å². The van der Waals surface area contributed by atoms with Gasteiger partial charge in [0.15, 0.2) is 0 Å². The average Bonchev–Trinajstić information content (AvgIpc) is 3.20. The van der Waals surface area contributed by atoms with Crippen molar-refractivity contribution in [3.8, 4) is 6.07 Å². The first-order valence-electron chi connectivity index (χ1n) is 9.20. The summed E-state index contributed by atoms with van der Waals surface area (Å²) in [5.41, 5.74) is 1.60. The number of thiophene rings is 1. The van der Waals surface area contributed by atoms with Gasteiger partial charge in [-0.05, 0) is 44.1 Å². The van der Waals surface area contributed by atoms with E-state index in [-0.39, 0.29) is 24.4 Å². The quantitative estimate of drug-likeness (QED) is 0.608. The van der Waals surface area contributed by atoms with Crippen LogP contribution in [-0.2, 0) is 22.4 Å². The highest BCUT2D eigenvalue weighted by Crippen LogP contribution is 2.40. The summed E-state index contributed by atoms with van der Waals surface area (Å²) in [4.78, 5) is 26.3. The monoisotopic (exact) mass is 360 g/mol. The van der Waals surface area contributed by atoms with Gasteiger partial charge in [-0.25, -0.2) is 4.79 Å². The number of esters is 1. The van der Waals surface area contributed by atoms with Gasteiger partial charge >= 0.3 is 5.97 Å². The number of hydrogen-bond donors (Lipinski definition) is 1. The molecule has 1 saturated carbocycles. The molecule has 0 aliphatic heterocycles. The van der Waals surface area contributed by atoms with E-state index < -0.39 is 0 Å². The molecule has 1 fully saturated rings. The SMILES string of the molecule is N#CCCCOC(=O)c1c(NC(=O)C2CCCCC2)sc2c1CCC2. The minimum atomic E-state index is -0.365. The first-order chi connectivity index (χ1) is 12.2. The van der Waals surface area contributed by atoms with Gasteiger partial charge in [0.1, 0.15) is 5.00 Å². The van der Waals surface area contributed by atoms with Crippen LogP contribution in [0.1, 0.15) is 72.2 Å². The zero-order valence-electron chi connectivity index (χ0n) is 14.4. The number of carbonyl (C=O) groups is 2. The molecule has 1 amide bonds. The lowest BCUT2D eigenvalue weighted by Gasteiger charge is -2.20. The molecular formula is C19H24N2O3S. The van der Waals surface area contributed by atoms with Crippen LogP contribution >= 0.6 is 11.3 Å². The number of nitrogens with zero attached hydrogens (tertiary/aromatic N) is 1. The van der Waals surface area contributed by atoms with Crippen molar-refractivity contribution in [3.05, 3.63) is 16.0 Å². The highest BCUT2D eigenvalue weighted by molar-refractivity contribution is 7.17. The maximum absolute atomic E-state index is 12.6. The molecule has 0 radical (unpaired) electrons. The molecule has 0 atom stereocenters. The second-order valence-corrected chi connectivity index (χ2v) is 7.89. The van der Waals surface area contributed by atoms with Crippen LogP contribution in [0, 0.1) is 17.2 Å². The molecule has 1 heterocycles. The number of hydrogen-bond acceptors (Lipinski definition) is 5. The third-order valence-electron chi connectivity index (χ3n) is 5.00. The van der Waals surface area contributed by atoms with Crippen molar-refractivity contribution < 1.29 is 14.3 Å². The summed E-state index contributed by atoms with van der Waals surface area (Å²) in [6.45, 7) is 0.243. The molecule has 0 bridgehead atoms. The van der Waals surface area contributed by atoms with Gasteiger partial charge in [0.05, 0.1) is 18.2 Å². The molecule has 25 heavy (non-hydrogen) atoms. The summed E-state index contributed by atoms with van der Waals surface area (Å²) in [5, 5.41) is 12.2. The number of nitrogens with one attached hydrogen (secondary N) is 1. The zero-order chi connectivity index (χ0) is 17.6. The number of fused-ring (bicyclic) bond motifs is 1. The molecule has 5 nitrogen and oxygen atoms in total. The Morgan fingerprint density at radius 1 is 1.20 bits per heavy atom. The van der Waals surface area contributed by atoms with Gasteiger partial charge in [0, 0.05) is 17.2 Å². The van der Waals surface area contributed by atoms with E-state index in [1.54, 1.807) is 0 Å². The fraction of sp³-hybridized carbons (Fsp3) is 0.632. The van der Waals surface area contributed by atoms with Crippen LogP contribution in [0.4, 0.5) is 5.00 Å². The van der Waals surface area contributed by atoms with E-state index in [0.29, 0.717) is 23.4 Å². The van der Waals surface area contributed by atoms with E-state index >= 15 is 0 Å². The Labute approximate surface area is 152 Å². The molecule has 0 aromatic carbocycles. The highest BCUT2D eigenvalue weighted by atomic mass is 32.1. The summed E-state index contributed by atoms with van der Waals surface area (Å²) in [6, 6.07) is 2.05. The number of carbonyl (C=O) groups excluding carboxylic acids is 2. The van der Waals surface area contributed by atoms with Crippen molar-refractivity contribution in [1.82, 2.24) is 0 Å². The van der Waals surface area contributed by atoms with Gasteiger partial charge in [-0.3, -0.25) is 4.79 Å². The van der Waals surface area contributed by atoms with Crippen LogP contribution in [0.25, 0.3) is 0 Å². The van der Waals surface area contributed by atoms with Gasteiger partial charge in [-0.1, -0.05) is 19.3 Å². The maximum atomic E-state index is 12.6. The smallest absolute Gasteiger partial charge is 0.341 e. The lowest BCUT2D eigenvalue weighted by atomic mass is 9.89. The van der Waals surface area contributed by atoms with Crippen molar-refractivity contribution in [2.45, 2.75) is 64.2 Å². The topological polar surface area (TPSA) is 79.2 Å². The Morgan fingerprint density at radius 2 is 2.00 bits per heavy atom. The lowest BCUT2D eigenvalue weighted by molar-refractivity contribution is -0.120. The van der Waals surface area contributed by atoms with E-state index in [2.05, 4.69) is 5.32 Å². The van der Waals surface area contributed by atoms with Gasteiger partial charge < -0.3 is 10.1 Å². The molecule has 1 aromatic rings. The molecule has 2 aliphatic carbocycles. The minimum Gasteiger partial charge on any atom is -0.462 e. The van der Waals surface area contributed by atoms with Crippen molar-refractivity contribution in [3.63, 3.8) is 0 Å². The number of unbranched alkanes of at least 4 members (excludes halogenated alkanes) is 1. The van der Waals surface area contributed by atoms with E-state index in [9.17, 15) is 9.59 Å². The molecule has 0 unspecified atom stereocenters. The number of anilines is 1. The normalized spacial score (nSPS) is 16.9. The number of ether oxygens (including phenoxy) is 1. The molecular weight excluding hydrogens is 336 g/mol. The van der Waals surface area contributed by atoms with E-state index in [0.717, 1.165) is 50.5 Å². The fourth-order valence-electron chi connectivity index (χ4n) is 3.68. The maximum Gasteiger partial charge on any atom is 0.341 e. The Morgan fingerprint density at radius 3 is 2.76 bits per heavy atom. The number of amides is 1. The second-order valence-electron chi connectivity index (χ2n) is 6.78. The predicted molar refractivity (Wildman–Crippen MR) is 96.7 cm³/mol. The summed E-state index contributed by atoms with van der Waals surface area (Å²) >= 11 is 1.53. The van der Waals surface area contributed by atoms with Crippen LogP contribution in [0.15, 0.2) is 0 Å². The van der Waals surface area contributed by atoms with Crippen molar-refractivity contribution in [1.29, 1.82) is 5.26 Å². The van der Waals surface area contributed by atoms with E-state index in [4.69, 9.17) is 10.00 Å². The molecule has 134 valence electrons. The van der Waals surface area contributed by atoms with Gasteiger partial charge in [-0.2, -0.15) is 5.26 Å². The average molecular weight is 360 g/mol. The lowest BCUT2D eigenvalue weighted by Crippen LogP contribution is -2.25. The Bertz CT molecular complexity index is 684. The first-order valence-corrected chi connectivity index (χ1v) is 10.0. The number of aryl methyl sites for hydroxylation is 1. The summed E-state index contributed by atoms with van der Waals surface area (Å²) in [5.74, 6) is -0.264. The molecule has 1 N–H and O–H groups in total. The Kier molecular flexibility index (Phi) is 6.09. The Hall–Kier alpha value is -1.87. The number of rotatable bonds is 6. The summed E-state index contributed by atoms with van der Waals surface area (Å²) < 4.78 is 5.35. The predicted octanol–water partition coefficient (Wildman–Crippen LogP) is 4.22. The van der Waals surface area contributed by atoms with Crippen LogP contribution in [0.2, 0.25) is 0 Å². The largest absolute Gasteiger partial charge is 0.462 e. The molecule has 0 spiro atoms. The van der Waals surface area contributed by atoms with Crippen LogP contribution in [0.3, 0.4) is 0 Å². The minimum absolute atomic E-state index is 0.0400. The zero-order valence-corrected chi connectivity index (χ0v) is 15.3. The van der Waals surface area contributed by atoms with Gasteiger partial charge in [0.2, 0.25) is 5.91 Å². The molecule has 1 aromatic heterocycles. The van der Waals surface area contributed by atoms with Crippen molar-refractivity contribution >= 4 is 28.2 Å². The van der Waals surface area contributed by atoms with Crippen molar-refractivity contribution in [2.75, 3.05) is 11.9 Å². The Balaban J connectivity index is 1.71. The van der Waals surface area contributed by atoms with Crippen LogP contribution in [-0.4, -0.2) is 18.5 Å². The standard InChI is InChI=1S/C19H24N2O3S/c20-11-4-5-12-24-19(23)16-14-9-6-10-15(14)25-18(16)21-17(22)13-7-2-1-3-8-13/h13H,1-10,12H2,(H,21,22). The third-order valence-corrected chi connectivity index (χ3v) is 6.21. The molecule has 0 saturated heterocycles. The summed E-state index contributed by atoms with van der Waals surface area (Å²) in [7, 11) is 0. The van der Waals surface area contributed by atoms with Gasteiger partial charge in [0.25, 0.3) is 0 Å². The second kappa shape index (κ2) is 8.48. The first kappa shape index (κ1) is 17.9. The number of nitriles is 1. The van der Waals surface area contributed by atoms with E-state index in [1.165, 1.54) is 22.6 Å². The summed E-state index contributed by atoms with van der Waals surface area (Å²) in [6.07, 6.45) is 9.08. The molecule has 3 rings (SSSR count). The van der Waals surface area contributed by atoms with Crippen LogP contribution < -0.4 is 5.32 Å². The molecule has 6 heteroatoms. The fourth-order valence-corrected chi connectivity index (χ4v) is 4.96.